The average molecular weight is 445 g/mol. The van der Waals surface area contributed by atoms with Gasteiger partial charge in [-0.05, 0) is 41.7 Å². The van der Waals surface area contributed by atoms with E-state index in [4.69, 9.17) is 0 Å². The van der Waals surface area contributed by atoms with Crippen LogP contribution < -0.4 is 4.90 Å². The minimum atomic E-state index is -4.40. The standard InChI is InChI=1S/C24H27F3N4O/c1-23(2,3)17-6-5-16-13-20(29-19(16)14-17)22(32)31-10-4-9-30(11-12-31)21-8-7-18(15-28-21)24(25,26)27/h5-8,13-15,29H,4,9-12H2,1-3H3. The van der Waals surface area contributed by atoms with E-state index in [0.717, 1.165) is 23.2 Å². The van der Waals surface area contributed by atoms with Crippen LogP contribution >= 0.6 is 0 Å². The summed E-state index contributed by atoms with van der Waals surface area (Å²) in [6.45, 7) is 8.65. The van der Waals surface area contributed by atoms with Crippen molar-refractivity contribution < 1.29 is 18.0 Å². The second kappa shape index (κ2) is 8.15. The maximum absolute atomic E-state index is 13.1. The lowest BCUT2D eigenvalue weighted by atomic mass is 9.87. The third-order valence-corrected chi connectivity index (χ3v) is 5.90. The van der Waals surface area contributed by atoms with Crippen molar-refractivity contribution in [1.29, 1.82) is 0 Å². The highest BCUT2D eigenvalue weighted by molar-refractivity contribution is 5.98. The molecule has 0 spiro atoms. The number of rotatable bonds is 2. The molecule has 4 rings (SSSR count). The molecule has 5 nitrogen and oxygen atoms in total. The van der Waals surface area contributed by atoms with Crippen molar-refractivity contribution in [3.05, 3.63) is 59.4 Å². The molecule has 0 unspecified atom stereocenters. The monoisotopic (exact) mass is 444 g/mol. The van der Waals surface area contributed by atoms with E-state index in [9.17, 15) is 18.0 Å². The number of carbonyl (C=O) groups is 1. The number of carbonyl (C=O) groups excluding carboxylic acids is 1. The summed E-state index contributed by atoms with van der Waals surface area (Å²) in [5.41, 5.74) is 1.93. The molecule has 1 N–H and O–H groups in total. The molecule has 0 atom stereocenters. The molecule has 1 aliphatic heterocycles. The number of hydrogen-bond donors (Lipinski definition) is 1. The molecule has 1 amide bonds. The van der Waals surface area contributed by atoms with Crippen LogP contribution in [0.2, 0.25) is 0 Å². The number of pyridine rings is 1. The van der Waals surface area contributed by atoms with Gasteiger partial charge in [-0.2, -0.15) is 13.2 Å². The van der Waals surface area contributed by atoms with Gasteiger partial charge in [0.1, 0.15) is 11.5 Å². The van der Waals surface area contributed by atoms with Crippen LogP contribution in [0, 0.1) is 0 Å². The molecule has 2 aromatic heterocycles. The number of fused-ring (bicyclic) bond motifs is 1. The maximum Gasteiger partial charge on any atom is 0.417 e. The number of aromatic nitrogens is 2. The zero-order chi connectivity index (χ0) is 23.1. The molecular formula is C24H27F3N4O. The predicted molar refractivity (Wildman–Crippen MR) is 119 cm³/mol. The van der Waals surface area contributed by atoms with Gasteiger partial charge < -0.3 is 14.8 Å². The van der Waals surface area contributed by atoms with Gasteiger partial charge in [-0.1, -0.05) is 32.9 Å². The summed E-state index contributed by atoms with van der Waals surface area (Å²) < 4.78 is 38.4. The number of aromatic amines is 1. The normalized spacial score (nSPS) is 15.8. The van der Waals surface area contributed by atoms with E-state index >= 15 is 0 Å². The highest BCUT2D eigenvalue weighted by Gasteiger charge is 2.31. The van der Waals surface area contributed by atoms with Crippen LogP contribution in [-0.2, 0) is 11.6 Å². The lowest BCUT2D eigenvalue weighted by molar-refractivity contribution is -0.137. The van der Waals surface area contributed by atoms with Crippen LogP contribution in [0.15, 0.2) is 42.6 Å². The number of benzene rings is 1. The summed E-state index contributed by atoms with van der Waals surface area (Å²) >= 11 is 0. The zero-order valence-corrected chi connectivity index (χ0v) is 18.5. The van der Waals surface area contributed by atoms with Crippen molar-refractivity contribution >= 4 is 22.6 Å². The van der Waals surface area contributed by atoms with Gasteiger partial charge in [0.25, 0.3) is 5.91 Å². The molecule has 3 aromatic rings. The summed E-state index contributed by atoms with van der Waals surface area (Å²) in [6, 6.07) is 10.5. The first-order valence-electron chi connectivity index (χ1n) is 10.7. The van der Waals surface area contributed by atoms with Crippen molar-refractivity contribution in [2.45, 2.75) is 38.8 Å². The van der Waals surface area contributed by atoms with Gasteiger partial charge in [0.05, 0.1) is 5.56 Å². The Kier molecular flexibility index (Phi) is 5.65. The smallest absolute Gasteiger partial charge is 0.355 e. The molecule has 1 fully saturated rings. The van der Waals surface area contributed by atoms with Gasteiger partial charge in [-0.15, -0.1) is 0 Å². The largest absolute Gasteiger partial charge is 0.417 e. The summed E-state index contributed by atoms with van der Waals surface area (Å²) in [5.74, 6) is 0.424. The van der Waals surface area contributed by atoms with Gasteiger partial charge in [-0.25, -0.2) is 4.98 Å². The molecule has 3 heterocycles. The van der Waals surface area contributed by atoms with Crippen LogP contribution in [0.25, 0.3) is 10.9 Å². The van der Waals surface area contributed by atoms with Crippen LogP contribution in [0.4, 0.5) is 19.0 Å². The Labute approximate surface area is 185 Å². The van der Waals surface area contributed by atoms with Crippen molar-refractivity contribution in [2.24, 2.45) is 0 Å². The number of alkyl halides is 3. The van der Waals surface area contributed by atoms with Gasteiger partial charge in [0, 0.05) is 43.3 Å². The Morgan fingerprint density at radius 1 is 0.969 bits per heavy atom. The van der Waals surface area contributed by atoms with Gasteiger partial charge >= 0.3 is 6.18 Å². The molecule has 1 aromatic carbocycles. The van der Waals surface area contributed by atoms with E-state index in [1.807, 2.05) is 17.0 Å². The fourth-order valence-corrected chi connectivity index (χ4v) is 3.97. The van der Waals surface area contributed by atoms with Crippen molar-refractivity contribution in [3.8, 4) is 0 Å². The first kappa shape index (κ1) is 22.2. The molecule has 1 aliphatic rings. The second-order valence-corrected chi connectivity index (χ2v) is 9.27. The summed E-state index contributed by atoms with van der Waals surface area (Å²) in [6.07, 6.45) is -2.83. The molecule has 8 heteroatoms. The number of anilines is 1. The molecule has 1 saturated heterocycles. The topological polar surface area (TPSA) is 52.2 Å². The molecule has 0 bridgehead atoms. The van der Waals surface area contributed by atoms with E-state index in [-0.39, 0.29) is 11.3 Å². The van der Waals surface area contributed by atoms with E-state index in [0.29, 0.717) is 44.1 Å². The Morgan fingerprint density at radius 2 is 1.72 bits per heavy atom. The number of halogens is 3. The minimum absolute atomic E-state index is 0.0179. The first-order valence-corrected chi connectivity index (χ1v) is 10.7. The second-order valence-electron chi connectivity index (χ2n) is 9.27. The van der Waals surface area contributed by atoms with E-state index in [1.165, 1.54) is 11.6 Å². The minimum Gasteiger partial charge on any atom is -0.355 e. The SMILES string of the molecule is CC(C)(C)c1ccc2cc(C(=O)N3CCCN(c4ccc(C(F)(F)F)cn4)CC3)[nH]c2c1. The Hall–Kier alpha value is -3.03. The number of nitrogens with one attached hydrogen (secondary N) is 1. The van der Waals surface area contributed by atoms with Crippen LogP contribution in [0.3, 0.4) is 0 Å². The number of amides is 1. The number of hydrogen-bond acceptors (Lipinski definition) is 3. The number of nitrogens with zero attached hydrogens (tertiary/aromatic N) is 3. The zero-order valence-electron chi connectivity index (χ0n) is 18.5. The van der Waals surface area contributed by atoms with Crippen molar-refractivity contribution in [3.63, 3.8) is 0 Å². The Morgan fingerprint density at radius 3 is 2.38 bits per heavy atom. The lowest BCUT2D eigenvalue weighted by Gasteiger charge is -2.23. The fraction of sp³-hybridized carbons (Fsp3) is 0.417. The third-order valence-electron chi connectivity index (χ3n) is 5.90. The average Bonchev–Trinajstić information content (AvgIpc) is 3.01. The highest BCUT2D eigenvalue weighted by Crippen LogP contribution is 2.30. The quantitative estimate of drug-likeness (QED) is 0.589. The molecule has 32 heavy (non-hydrogen) atoms. The molecule has 170 valence electrons. The third kappa shape index (κ3) is 4.59. The molecule has 0 saturated carbocycles. The highest BCUT2D eigenvalue weighted by atomic mass is 19.4. The lowest BCUT2D eigenvalue weighted by Crippen LogP contribution is -2.35. The van der Waals surface area contributed by atoms with E-state index < -0.39 is 11.7 Å². The van der Waals surface area contributed by atoms with E-state index in [1.54, 1.807) is 4.90 Å². The Bertz CT molecular complexity index is 1110. The van der Waals surface area contributed by atoms with Crippen molar-refractivity contribution in [1.82, 2.24) is 14.9 Å². The Balaban J connectivity index is 1.46. The van der Waals surface area contributed by atoms with Gasteiger partial charge in [-0.3, -0.25) is 4.79 Å². The summed E-state index contributed by atoms with van der Waals surface area (Å²) in [7, 11) is 0. The summed E-state index contributed by atoms with van der Waals surface area (Å²) in [4.78, 5) is 24.1. The van der Waals surface area contributed by atoms with Crippen LogP contribution in [0.5, 0.6) is 0 Å². The fourth-order valence-electron chi connectivity index (χ4n) is 3.97. The van der Waals surface area contributed by atoms with Crippen LogP contribution in [0.1, 0.15) is 48.8 Å². The molecule has 0 radical (unpaired) electrons. The first-order chi connectivity index (χ1) is 15.0. The van der Waals surface area contributed by atoms with E-state index in [2.05, 4.69) is 42.9 Å². The predicted octanol–water partition coefficient (Wildman–Crippen LogP) is 5.23. The van der Waals surface area contributed by atoms with Crippen LogP contribution in [-0.4, -0.2) is 47.0 Å². The van der Waals surface area contributed by atoms with Gasteiger partial charge in [0.2, 0.25) is 0 Å². The number of H-pyrrole nitrogens is 1. The maximum atomic E-state index is 13.1. The van der Waals surface area contributed by atoms with Gasteiger partial charge in [0.15, 0.2) is 0 Å². The molecule has 0 aliphatic carbocycles. The van der Waals surface area contributed by atoms with Crippen molar-refractivity contribution in [2.75, 3.05) is 31.1 Å². The summed E-state index contributed by atoms with van der Waals surface area (Å²) in [5, 5.41) is 0.992. The molecular weight excluding hydrogens is 417 g/mol.